The van der Waals surface area contributed by atoms with Crippen LogP contribution in [0.15, 0.2) is 46.9 Å². The van der Waals surface area contributed by atoms with Crippen LogP contribution in [0.5, 0.6) is 5.75 Å². The lowest BCUT2D eigenvalue weighted by Crippen LogP contribution is -2.01. The monoisotopic (exact) mass is 347 g/mol. The van der Waals surface area contributed by atoms with Gasteiger partial charge in [0.1, 0.15) is 5.75 Å². The summed E-state index contributed by atoms with van der Waals surface area (Å²) < 4.78 is 6.67. The Kier molecular flexibility index (Phi) is 6.12. The first-order valence-corrected chi connectivity index (χ1v) is 8.26. The smallest absolute Gasteiger partial charge is 0.133 e. The SMILES string of the molecule is CCCOc1ccc(CNc2ccc(CC)cc2)cc1Br. The average Bonchev–Trinajstić information content (AvgIpc) is 2.52. The molecule has 2 nitrogen and oxygen atoms in total. The van der Waals surface area contributed by atoms with E-state index in [0.717, 1.165) is 41.9 Å². The van der Waals surface area contributed by atoms with E-state index in [1.54, 1.807) is 0 Å². The second kappa shape index (κ2) is 8.08. The molecule has 0 fully saturated rings. The molecule has 0 aliphatic carbocycles. The Morgan fingerprint density at radius 3 is 2.33 bits per heavy atom. The molecule has 3 heteroatoms. The summed E-state index contributed by atoms with van der Waals surface area (Å²) in [5, 5.41) is 3.44. The third kappa shape index (κ3) is 4.78. The Morgan fingerprint density at radius 1 is 1.00 bits per heavy atom. The van der Waals surface area contributed by atoms with Crippen LogP contribution in [0.1, 0.15) is 31.4 Å². The highest BCUT2D eigenvalue weighted by Gasteiger charge is 2.02. The third-order valence-electron chi connectivity index (χ3n) is 3.32. The van der Waals surface area contributed by atoms with E-state index < -0.39 is 0 Å². The largest absolute Gasteiger partial charge is 0.492 e. The van der Waals surface area contributed by atoms with Crippen LogP contribution in [0.2, 0.25) is 0 Å². The van der Waals surface area contributed by atoms with Gasteiger partial charge in [0, 0.05) is 12.2 Å². The van der Waals surface area contributed by atoms with Crippen LogP contribution < -0.4 is 10.1 Å². The molecule has 1 N–H and O–H groups in total. The fourth-order valence-electron chi connectivity index (χ4n) is 2.05. The molecule has 2 aromatic carbocycles. The van der Waals surface area contributed by atoms with Gasteiger partial charge in [-0.25, -0.2) is 0 Å². The summed E-state index contributed by atoms with van der Waals surface area (Å²) in [4.78, 5) is 0. The van der Waals surface area contributed by atoms with Crippen LogP contribution in [0, 0.1) is 0 Å². The van der Waals surface area contributed by atoms with E-state index >= 15 is 0 Å². The molecule has 0 unspecified atom stereocenters. The highest BCUT2D eigenvalue weighted by atomic mass is 79.9. The molecule has 0 heterocycles. The molecule has 21 heavy (non-hydrogen) atoms. The normalized spacial score (nSPS) is 10.4. The van der Waals surface area contributed by atoms with Crippen molar-refractivity contribution in [2.75, 3.05) is 11.9 Å². The van der Waals surface area contributed by atoms with Crippen LogP contribution in [0.25, 0.3) is 0 Å². The Balaban J connectivity index is 1.94. The van der Waals surface area contributed by atoms with Crippen molar-refractivity contribution in [3.8, 4) is 5.75 Å². The van der Waals surface area contributed by atoms with Gasteiger partial charge in [-0.2, -0.15) is 0 Å². The van der Waals surface area contributed by atoms with E-state index in [-0.39, 0.29) is 0 Å². The van der Waals surface area contributed by atoms with Gasteiger partial charge < -0.3 is 10.1 Å². The second-order valence-electron chi connectivity index (χ2n) is 5.02. The van der Waals surface area contributed by atoms with Gasteiger partial charge in [-0.1, -0.05) is 32.0 Å². The zero-order valence-electron chi connectivity index (χ0n) is 12.7. The van der Waals surface area contributed by atoms with Gasteiger partial charge in [0.15, 0.2) is 0 Å². The maximum Gasteiger partial charge on any atom is 0.133 e. The minimum Gasteiger partial charge on any atom is -0.492 e. The lowest BCUT2D eigenvalue weighted by Gasteiger charge is -2.10. The molecular formula is C18H22BrNO. The zero-order chi connectivity index (χ0) is 15.1. The Labute approximate surface area is 135 Å². The lowest BCUT2D eigenvalue weighted by molar-refractivity contribution is 0.315. The predicted octanol–water partition coefficient (Wildman–Crippen LogP) is 5.41. The minimum absolute atomic E-state index is 0.750. The van der Waals surface area contributed by atoms with Crippen molar-refractivity contribution >= 4 is 21.6 Å². The van der Waals surface area contributed by atoms with Crippen molar-refractivity contribution < 1.29 is 4.74 Å². The summed E-state index contributed by atoms with van der Waals surface area (Å²) in [6, 6.07) is 14.8. The topological polar surface area (TPSA) is 21.3 Å². The maximum atomic E-state index is 5.66. The summed E-state index contributed by atoms with van der Waals surface area (Å²) in [5.74, 6) is 0.910. The first-order chi connectivity index (χ1) is 10.2. The van der Waals surface area contributed by atoms with Crippen LogP contribution in [0.3, 0.4) is 0 Å². The molecule has 0 saturated carbocycles. The third-order valence-corrected chi connectivity index (χ3v) is 3.94. The molecule has 0 spiro atoms. The Bertz CT molecular complexity index is 566. The van der Waals surface area contributed by atoms with Gasteiger partial charge in [-0.15, -0.1) is 0 Å². The number of halogens is 1. The number of benzene rings is 2. The van der Waals surface area contributed by atoms with Gasteiger partial charge >= 0.3 is 0 Å². The molecule has 2 aromatic rings. The van der Waals surface area contributed by atoms with Gasteiger partial charge in [0.05, 0.1) is 11.1 Å². The Morgan fingerprint density at radius 2 is 1.71 bits per heavy atom. The number of ether oxygens (including phenoxy) is 1. The zero-order valence-corrected chi connectivity index (χ0v) is 14.2. The lowest BCUT2D eigenvalue weighted by atomic mass is 10.1. The van der Waals surface area contributed by atoms with Gasteiger partial charge in [0.25, 0.3) is 0 Å². The van der Waals surface area contributed by atoms with Crippen LogP contribution >= 0.6 is 15.9 Å². The second-order valence-corrected chi connectivity index (χ2v) is 5.87. The summed E-state index contributed by atoms with van der Waals surface area (Å²) >= 11 is 3.57. The van der Waals surface area contributed by atoms with E-state index in [9.17, 15) is 0 Å². The molecule has 0 radical (unpaired) electrons. The quantitative estimate of drug-likeness (QED) is 0.722. The molecule has 112 valence electrons. The van der Waals surface area contributed by atoms with Crippen molar-refractivity contribution in [3.05, 3.63) is 58.1 Å². The maximum absolute atomic E-state index is 5.66. The van der Waals surface area contributed by atoms with Crippen molar-refractivity contribution in [2.24, 2.45) is 0 Å². The van der Waals surface area contributed by atoms with E-state index in [1.807, 2.05) is 6.07 Å². The van der Waals surface area contributed by atoms with Crippen molar-refractivity contribution in [2.45, 2.75) is 33.2 Å². The number of anilines is 1. The summed E-state index contributed by atoms with van der Waals surface area (Å²) in [6.45, 7) is 5.83. The van der Waals surface area contributed by atoms with Crippen molar-refractivity contribution in [3.63, 3.8) is 0 Å². The van der Waals surface area contributed by atoms with E-state index in [4.69, 9.17) is 4.74 Å². The first-order valence-electron chi connectivity index (χ1n) is 7.47. The molecular weight excluding hydrogens is 326 g/mol. The summed E-state index contributed by atoms with van der Waals surface area (Å²) in [5.41, 5.74) is 3.74. The first kappa shape index (κ1) is 15.9. The molecule has 0 aliphatic rings. The molecule has 0 atom stereocenters. The average molecular weight is 348 g/mol. The number of rotatable bonds is 7. The Hall–Kier alpha value is -1.48. The highest BCUT2D eigenvalue weighted by Crippen LogP contribution is 2.26. The predicted molar refractivity (Wildman–Crippen MR) is 93.1 cm³/mol. The number of hydrogen-bond acceptors (Lipinski definition) is 2. The number of nitrogens with one attached hydrogen (secondary N) is 1. The molecule has 0 bridgehead atoms. The summed E-state index contributed by atoms with van der Waals surface area (Å²) in [7, 11) is 0. The van der Waals surface area contributed by atoms with Crippen molar-refractivity contribution in [1.82, 2.24) is 0 Å². The molecule has 2 rings (SSSR count). The van der Waals surface area contributed by atoms with Crippen LogP contribution in [-0.4, -0.2) is 6.61 Å². The molecule has 0 saturated heterocycles. The standard InChI is InChI=1S/C18H22BrNO/c1-3-11-21-18-10-7-15(12-17(18)19)13-20-16-8-5-14(4-2)6-9-16/h5-10,12,20H,3-4,11,13H2,1-2H3. The van der Waals surface area contributed by atoms with Crippen LogP contribution in [0.4, 0.5) is 5.69 Å². The van der Waals surface area contributed by atoms with Crippen LogP contribution in [-0.2, 0) is 13.0 Å². The van der Waals surface area contributed by atoms with Gasteiger partial charge in [-0.3, -0.25) is 0 Å². The number of hydrogen-bond donors (Lipinski definition) is 1. The number of aryl methyl sites for hydroxylation is 1. The molecule has 0 aliphatic heterocycles. The summed E-state index contributed by atoms with van der Waals surface area (Å²) in [6.07, 6.45) is 2.09. The van der Waals surface area contributed by atoms with E-state index in [0.29, 0.717) is 0 Å². The molecule has 0 aromatic heterocycles. The van der Waals surface area contributed by atoms with Gasteiger partial charge in [0.2, 0.25) is 0 Å². The highest BCUT2D eigenvalue weighted by molar-refractivity contribution is 9.10. The molecule has 0 amide bonds. The van der Waals surface area contributed by atoms with Gasteiger partial charge in [-0.05, 0) is 64.2 Å². The van der Waals surface area contributed by atoms with E-state index in [1.165, 1.54) is 11.1 Å². The fraction of sp³-hybridized carbons (Fsp3) is 0.333. The van der Waals surface area contributed by atoms with Crippen molar-refractivity contribution in [1.29, 1.82) is 0 Å². The fourth-order valence-corrected chi connectivity index (χ4v) is 2.59. The minimum atomic E-state index is 0.750. The van der Waals surface area contributed by atoms with E-state index in [2.05, 4.69) is 71.5 Å².